The van der Waals surface area contributed by atoms with Gasteiger partial charge >= 0.3 is 0 Å². The van der Waals surface area contributed by atoms with E-state index in [9.17, 15) is 0 Å². The zero-order valence-corrected chi connectivity index (χ0v) is 14.6. The number of nitrogens with zero attached hydrogens (tertiary/aromatic N) is 5. The average Bonchev–Trinajstić information content (AvgIpc) is 3.07. The van der Waals surface area contributed by atoms with Gasteiger partial charge in [0.05, 0.1) is 5.52 Å². The zero-order valence-electron chi connectivity index (χ0n) is 14.6. The highest BCUT2D eigenvalue weighted by molar-refractivity contribution is 5.73. The van der Waals surface area contributed by atoms with E-state index >= 15 is 0 Å². The SMILES string of the molecule is c1ccc(CN2CCN(CCCn3nnc4ccccc43)CC2)cc1. The molecule has 0 aliphatic carbocycles. The smallest absolute Gasteiger partial charge is 0.113 e. The molecule has 5 heteroatoms. The second-order valence-corrected chi connectivity index (χ2v) is 6.76. The summed E-state index contributed by atoms with van der Waals surface area (Å²) in [6.07, 6.45) is 1.12. The Morgan fingerprint density at radius 3 is 2.32 bits per heavy atom. The molecule has 0 unspecified atom stereocenters. The number of hydrogen-bond donors (Lipinski definition) is 0. The van der Waals surface area contributed by atoms with Gasteiger partial charge in [0.2, 0.25) is 0 Å². The van der Waals surface area contributed by atoms with Crippen molar-refractivity contribution in [2.75, 3.05) is 32.7 Å². The summed E-state index contributed by atoms with van der Waals surface area (Å²) in [6, 6.07) is 18.9. The van der Waals surface area contributed by atoms with Gasteiger partial charge < -0.3 is 4.90 Å². The van der Waals surface area contributed by atoms with Crippen LogP contribution in [0.3, 0.4) is 0 Å². The lowest BCUT2D eigenvalue weighted by Gasteiger charge is -2.34. The Balaban J connectivity index is 1.21. The molecule has 0 N–H and O–H groups in total. The normalized spacial score (nSPS) is 16.5. The first-order valence-corrected chi connectivity index (χ1v) is 9.15. The van der Waals surface area contributed by atoms with Crippen LogP contribution in [-0.4, -0.2) is 57.5 Å². The summed E-state index contributed by atoms with van der Waals surface area (Å²) in [4.78, 5) is 5.12. The Hall–Kier alpha value is -2.24. The van der Waals surface area contributed by atoms with E-state index in [2.05, 4.69) is 56.5 Å². The molecule has 1 saturated heterocycles. The van der Waals surface area contributed by atoms with Gasteiger partial charge in [0.1, 0.15) is 5.52 Å². The van der Waals surface area contributed by atoms with E-state index in [4.69, 9.17) is 0 Å². The predicted octanol–water partition coefficient (Wildman–Crippen LogP) is 2.64. The van der Waals surface area contributed by atoms with Crippen LogP contribution in [-0.2, 0) is 13.1 Å². The highest BCUT2D eigenvalue weighted by Gasteiger charge is 2.16. The molecular weight excluding hydrogens is 310 g/mol. The van der Waals surface area contributed by atoms with Crippen molar-refractivity contribution in [3.05, 3.63) is 60.2 Å². The minimum absolute atomic E-state index is 0.935. The summed E-state index contributed by atoms with van der Waals surface area (Å²) in [5.74, 6) is 0. The van der Waals surface area contributed by atoms with Crippen LogP contribution in [0, 0.1) is 0 Å². The second kappa shape index (κ2) is 7.76. The molecule has 0 amide bonds. The fourth-order valence-corrected chi connectivity index (χ4v) is 3.54. The molecule has 0 bridgehead atoms. The molecule has 1 aromatic heterocycles. The number of piperazine rings is 1. The van der Waals surface area contributed by atoms with Crippen LogP contribution in [0.2, 0.25) is 0 Å². The minimum atomic E-state index is 0.935. The molecule has 1 aliphatic rings. The van der Waals surface area contributed by atoms with Gasteiger partial charge in [-0.2, -0.15) is 0 Å². The standard InChI is InChI=1S/C20H25N5/c1-2-7-18(8-3-1)17-24-15-13-23(14-16-24)11-6-12-25-20-10-5-4-9-19(20)21-22-25/h1-5,7-10H,6,11-17H2. The van der Waals surface area contributed by atoms with E-state index in [1.54, 1.807) is 0 Å². The lowest BCUT2D eigenvalue weighted by Crippen LogP contribution is -2.46. The topological polar surface area (TPSA) is 37.2 Å². The van der Waals surface area contributed by atoms with Crippen molar-refractivity contribution in [2.45, 2.75) is 19.5 Å². The quantitative estimate of drug-likeness (QED) is 0.694. The van der Waals surface area contributed by atoms with Crippen LogP contribution in [0.25, 0.3) is 11.0 Å². The number of para-hydroxylation sites is 1. The molecule has 2 heterocycles. The van der Waals surface area contributed by atoms with E-state index < -0.39 is 0 Å². The summed E-state index contributed by atoms with van der Waals surface area (Å²) < 4.78 is 2.03. The molecule has 0 atom stereocenters. The fraction of sp³-hybridized carbons (Fsp3) is 0.400. The summed E-state index contributed by atoms with van der Waals surface area (Å²) in [7, 11) is 0. The van der Waals surface area contributed by atoms with Crippen LogP contribution in [0.5, 0.6) is 0 Å². The lowest BCUT2D eigenvalue weighted by atomic mass is 10.2. The highest BCUT2D eigenvalue weighted by atomic mass is 15.4. The molecule has 4 rings (SSSR count). The number of rotatable bonds is 6. The molecule has 0 radical (unpaired) electrons. The highest BCUT2D eigenvalue weighted by Crippen LogP contribution is 2.11. The lowest BCUT2D eigenvalue weighted by molar-refractivity contribution is 0.125. The summed E-state index contributed by atoms with van der Waals surface area (Å²) in [5.41, 5.74) is 3.53. The Labute approximate surface area is 148 Å². The fourth-order valence-electron chi connectivity index (χ4n) is 3.54. The predicted molar refractivity (Wildman–Crippen MR) is 100 cm³/mol. The Morgan fingerprint density at radius 2 is 1.48 bits per heavy atom. The molecule has 3 aromatic rings. The van der Waals surface area contributed by atoms with E-state index in [1.807, 2.05) is 22.9 Å². The number of benzene rings is 2. The molecule has 5 nitrogen and oxygen atoms in total. The summed E-state index contributed by atoms with van der Waals surface area (Å²) in [6.45, 7) is 7.76. The monoisotopic (exact) mass is 335 g/mol. The van der Waals surface area contributed by atoms with E-state index in [1.165, 1.54) is 5.56 Å². The van der Waals surface area contributed by atoms with Gasteiger partial charge in [-0.15, -0.1) is 5.10 Å². The third-order valence-electron chi connectivity index (χ3n) is 4.98. The van der Waals surface area contributed by atoms with Crippen LogP contribution >= 0.6 is 0 Å². The van der Waals surface area contributed by atoms with Crippen molar-refractivity contribution in [3.63, 3.8) is 0 Å². The van der Waals surface area contributed by atoms with Crippen molar-refractivity contribution >= 4 is 11.0 Å². The Bertz CT molecular complexity index is 790. The van der Waals surface area contributed by atoms with Gasteiger partial charge in [0, 0.05) is 45.8 Å². The zero-order chi connectivity index (χ0) is 16.9. The van der Waals surface area contributed by atoms with Gasteiger partial charge in [-0.25, -0.2) is 4.68 Å². The first kappa shape index (κ1) is 16.2. The van der Waals surface area contributed by atoms with Gasteiger partial charge in [-0.1, -0.05) is 47.7 Å². The third kappa shape index (κ3) is 4.06. The van der Waals surface area contributed by atoms with Gasteiger partial charge in [-0.05, 0) is 24.1 Å². The van der Waals surface area contributed by atoms with Gasteiger partial charge in [-0.3, -0.25) is 4.90 Å². The second-order valence-electron chi connectivity index (χ2n) is 6.76. The van der Waals surface area contributed by atoms with Crippen LogP contribution in [0.4, 0.5) is 0 Å². The third-order valence-corrected chi connectivity index (χ3v) is 4.98. The first-order valence-electron chi connectivity index (χ1n) is 9.15. The molecule has 0 spiro atoms. The Kier molecular flexibility index (Phi) is 5.04. The maximum atomic E-state index is 4.28. The van der Waals surface area contributed by atoms with Crippen molar-refractivity contribution in [3.8, 4) is 0 Å². The number of aryl methyl sites for hydroxylation is 1. The molecule has 130 valence electrons. The van der Waals surface area contributed by atoms with Gasteiger partial charge in [0.15, 0.2) is 0 Å². The van der Waals surface area contributed by atoms with Crippen LogP contribution in [0.1, 0.15) is 12.0 Å². The molecule has 1 aliphatic heterocycles. The number of hydrogen-bond acceptors (Lipinski definition) is 4. The molecule has 1 fully saturated rings. The molecule has 2 aromatic carbocycles. The van der Waals surface area contributed by atoms with Crippen molar-refractivity contribution in [1.29, 1.82) is 0 Å². The average molecular weight is 335 g/mol. The van der Waals surface area contributed by atoms with Crippen LogP contribution < -0.4 is 0 Å². The number of aromatic nitrogens is 3. The van der Waals surface area contributed by atoms with Crippen LogP contribution in [0.15, 0.2) is 54.6 Å². The molecular formula is C20H25N5. The Morgan fingerprint density at radius 1 is 0.760 bits per heavy atom. The summed E-state index contributed by atoms with van der Waals surface area (Å²) >= 11 is 0. The maximum Gasteiger partial charge on any atom is 0.113 e. The maximum absolute atomic E-state index is 4.28. The van der Waals surface area contributed by atoms with Gasteiger partial charge in [0.25, 0.3) is 0 Å². The first-order chi connectivity index (χ1) is 12.4. The van der Waals surface area contributed by atoms with E-state index in [-0.39, 0.29) is 0 Å². The van der Waals surface area contributed by atoms with Crippen molar-refractivity contribution < 1.29 is 0 Å². The largest absolute Gasteiger partial charge is 0.301 e. The van der Waals surface area contributed by atoms with Crippen molar-refractivity contribution in [2.24, 2.45) is 0 Å². The van der Waals surface area contributed by atoms with E-state index in [0.717, 1.165) is 63.3 Å². The minimum Gasteiger partial charge on any atom is -0.301 e. The van der Waals surface area contributed by atoms with E-state index in [0.29, 0.717) is 0 Å². The molecule has 25 heavy (non-hydrogen) atoms. The molecule has 0 saturated carbocycles. The van der Waals surface area contributed by atoms with Crippen molar-refractivity contribution in [1.82, 2.24) is 24.8 Å². The summed E-state index contributed by atoms with van der Waals surface area (Å²) in [5, 5.41) is 8.50. The number of fused-ring (bicyclic) bond motifs is 1.